The Morgan fingerprint density at radius 2 is 1.97 bits per heavy atom. The monoisotopic (exact) mass is 469 g/mol. The Balaban J connectivity index is 1.68. The molecule has 1 aliphatic carbocycles. The molecule has 6 nitrogen and oxygen atoms in total. The van der Waals surface area contributed by atoms with Gasteiger partial charge in [-0.25, -0.2) is 4.79 Å². The standard InChI is InChI=1S/C24H21Cl2N3O3/c25-19-11-17(12-20(23(19)26)29-9-8-22(27)28-24(29)32)16(13-30)6-4-14-5-7-18-15(10-14)2-1-3-21(18)31/h4-12,16,30H,1-3,13H2,(H2,27,28,32)/b6-4+. The summed E-state index contributed by atoms with van der Waals surface area (Å²) in [6.45, 7) is -0.174. The number of nitrogen functional groups attached to an aromatic ring is 1. The van der Waals surface area contributed by atoms with Gasteiger partial charge in [0.25, 0.3) is 0 Å². The summed E-state index contributed by atoms with van der Waals surface area (Å²) >= 11 is 12.7. The lowest BCUT2D eigenvalue weighted by molar-refractivity contribution is 0.0972. The van der Waals surface area contributed by atoms with Crippen LogP contribution in [0.1, 0.15) is 45.8 Å². The third kappa shape index (κ3) is 4.48. The summed E-state index contributed by atoms with van der Waals surface area (Å²) in [7, 11) is 0. The fraction of sp³-hybridized carbons (Fsp3) is 0.208. The molecule has 0 spiro atoms. The molecule has 4 rings (SSSR count). The largest absolute Gasteiger partial charge is 0.395 e. The van der Waals surface area contributed by atoms with Crippen LogP contribution in [0.5, 0.6) is 0 Å². The fourth-order valence-electron chi connectivity index (χ4n) is 3.86. The number of rotatable bonds is 5. The Morgan fingerprint density at radius 1 is 1.16 bits per heavy atom. The lowest BCUT2D eigenvalue weighted by Crippen LogP contribution is -2.22. The van der Waals surface area contributed by atoms with Gasteiger partial charge in [-0.05, 0) is 47.7 Å². The summed E-state index contributed by atoms with van der Waals surface area (Å²) in [4.78, 5) is 28.1. The summed E-state index contributed by atoms with van der Waals surface area (Å²) in [6, 6.07) is 10.6. The SMILES string of the molecule is Nc1ccn(-c2cc(C(/C=C/c3ccc4c(c3)CCCC4=O)CO)cc(Cl)c2Cl)c(=O)n1. The molecule has 1 unspecified atom stereocenters. The van der Waals surface area contributed by atoms with Crippen molar-refractivity contribution in [1.82, 2.24) is 9.55 Å². The summed E-state index contributed by atoms with van der Waals surface area (Å²) in [5.74, 6) is -0.100. The van der Waals surface area contributed by atoms with Crippen molar-refractivity contribution in [1.29, 1.82) is 0 Å². The van der Waals surface area contributed by atoms with Crippen LogP contribution in [0, 0.1) is 0 Å². The predicted molar refractivity (Wildman–Crippen MR) is 127 cm³/mol. The van der Waals surface area contributed by atoms with Crippen molar-refractivity contribution in [2.24, 2.45) is 0 Å². The molecule has 0 aliphatic heterocycles. The molecule has 3 N–H and O–H groups in total. The van der Waals surface area contributed by atoms with E-state index in [4.69, 9.17) is 28.9 Å². The minimum atomic E-state index is -0.584. The maximum atomic E-state index is 12.3. The number of carbonyl (C=O) groups excluding carboxylic acids is 1. The molecule has 0 saturated heterocycles. The fourth-order valence-corrected chi connectivity index (χ4v) is 4.28. The highest BCUT2D eigenvalue weighted by molar-refractivity contribution is 6.43. The number of aryl methyl sites for hydroxylation is 1. The summed E-state index contributed by atoms with van der Waals surface area (Å²) in [5.41, 5.74) is 8.82. The quantitative estimate of drug-likeness (QED) is 0.575. The molecule has 1 atom stereocenters. The van der Waals surface area contributed by atoms with Gasteiger partial charge in [-0.2, -0.15) is 4.98 Å². The van der Waals surface area contributed by atoms with E-state index in [1.54, 1.807) is 12.1 Å². The first-order valence-corrected chi connectivity index (χ1v) is 10.9. The molecule has 164 valence electrons. The van der Waals surface area contributed by atoms with Gasteiger partial charge < -0.3 is 10.8 Å². The lowest BCUT2D eigenvalue weighted by Gasteiger charge is -2.16. The Hall–Kier alpha value is -2.93. The number of anilines is 1. The van der Waals surface area contributed by atoms with Crippen LogP contribution in [-0.4, -0.2) is 27.0 Å². The van der Waals surface area contributed by atoms with E-state index in [1.165, 1.54) is 16.8 Å². The maximum Gasteiger partial charge on any atom is 0.354 e. The highest BCUT2D eigenvalue weighted by Gasteiger charge is 2.18. The molecular formula is C24H21Cl2N3O3. The van der Waals surface area contributed by atoms with Gasteiger partial charge in [0.1, 0.15) is 5.82 Å². The first kappa shape index (κ1) is 22.3. The number of halogens is 2. The first-order valence-electron chi connectivity index (χ1n) is 10.2. The van der Waals surface area contributed by atoms with Crippen LogP contribution in [0.4, 0.5) is 5.82 Å². The third-order valence-corrected chi connectivity index (χ3v) is 6.33. The molecule has 0 radical (unpaired) electrons. The predicted octanol–water partition coefficient (Wildman–Crippen LogP) is 4.43. The van der Waals surface area contributed by atoms with E-state index in [1.807, 2.05) is 30.4 Å². The van der Waals surface area contributed by atoms with Crippen LogP contribution in [0.3, 0.4) is 0 Å². The van der Waals surface area contributed by atoms with Gasteiger partial charge >= 0.3 is 5.69 Å². The van der Waals surface area contributed by atoms with Crippen LogP contribution in [-0.2, 0) is 6.42 Å². The number of aromatic nitrogens is 2. The van der Waals surface area contributed by atoms with Gasteiger partial charge in [0.05, 0.1) is 22.3 Å². The maximum absolute atomic E-state index is 12.3. The van der Waals surface area contributed by atoms with Crippen molar-refractivity contribution in [3.8, 4) is 5.69 Å². The van der Waals surface area contributed by atoms with Gasteiger partial charge in [-0.1, -0.05) is 53.6 Å². The van der Waals surface area contributed by atoms with Crippen LogP contribution in [0.15, 0.2) is 53.5 Å². The smallest absolute Gasteiger partial charge is 0.354 e. The number of benzene rings is 2. The minimum absolute atomic E-state index is 0.104. The van der Waals surface area contributed by atoms with Crippen LogP contribution >= 0.6 is 23.2 Å². The number of aliphatic hydroxyl groups excluding tert-OH is 1. The highest BCUT2D eigenvalue weighted by Crippen LogP contribution is 2.33. The number of hydrogen-bond acceptors (Lipinski definition) is 5. The van der Waals surface area contributed by atoms with E-state index in [0.29, 0.717) is 17.7 Å². The number of nitrogens with zero attached hydrogens (tertiary/aromatic N) is 2. The van der Waals surface area contributed by atoms with E-state index in [0.717, 1.165) is 29.5 Å². The number of ketones is 1. The van der Waals surface area contributed by atoms with Crippen molar-refractivity contribution < 1.29 is 9.90 Å². The Kier molecular flexibility index (Phi) is 6.46. The van der Waals surface area contributed by atoms with E-state index < -0.39 is 11.6 Å². The van der Waals surface area contributed by atoms with Crippen LogP contribution in [0.25, 0.3) is 11.8 Å². The van der Waals surface area contributed by atoms with E-state index >= 15 is 0 Å². The molecule has 3 aromatic rings. The molecular weight excluding hydrogens is 449 g/mol. The zero-order chi connectivity index (χ0) is 22.8. The number of fused-ring (bicyclic) bond motifs is 1. The van der Waals surface area contributed by atoms with Crippen molar-refractivity contribution in [2.75, 3.05) is 12.3 Å². The molecule has 1 aliphatic rings. The Labute approximate surface area is 194 Å². The van der Waals surface area contributed by atoms with Gasteiger partial charge in [0.15, 0.2) is 5.78 Å². The molecule has 1 aromatic heterocycles. The topological polar surface area (TPSA) is 98.2 Å². The molecule has 1 heterocycles. The Bertz CT molecular complexity index is 1280. The van der Waals surface area contributed by atoms with Crippen LogP contribution < -0.4 is 11.4 Å². The number of aliphatic hydroxyl groups is 1. The van der Waals surface area contributed by atoms with Gasteiger partial charge in [0.2, 0.25) is 0 Å². The molecule has 8 heteroatoms. The van der Waals surface area contributed by atoms with E-state index in [-0.39, 0.29) is 28.3 Å². The average Bonchev–Trinajstić information content (AvgIpc) is 2.77. The summed E-state index contributed by atoms with van der Waals surface area (Å²) in [6.07, 6.45) is 7.58. The van der Waals surface area contributed by atoms with Gasteiger partial charge in [0, 0.05) is 24.1 Å². The molecule has 0 saturated carbocycles. The second kappa shape index (κ2) is 9.28. The molecule has 0 fully saturated rings. The lowest BCUT2D eigenvalue weighted by atomic mass is 9.89. The van der Waals surface area contributed by atoms with Crippen molar-refractivity contribution >= 4 is 40.9 Å². The summed E-state index contributed by atoms with van der Waals surface area (Å²) < 4.78 is 1.26. The highest BCUT2D eigenvalue weighted by atomic mass is 35.5. The van der Waals surface area contributed by atoms with E-state index in [2.05, 4.69) is 4.98 Å². The number of carbonyl (C=O) groups is 1. The first-order chi connectivity index (χ1) is 15.4. The number of Topliss-reactive ketones (excluding diaryl/α,β-unsaturated/α-hetero) is 1. The molecule has 2 aromatic carbocycles. The van der Waals surface area contributed by atoms with Gasteiger partial charge in [-0.15, -0.1) is 0 Å². The normalized spacial score (nSPS) is 14.5. The molecule has 32 heavy (non-hydrogen) atoms. The van der Waals surface area contributed by atoms with Crippen LogP contribution in [0.2, 0.25) is 10.0 Å². The number of nitrogens with two attached hydrogens (primary N) is 1. The zero-order valence-electron chi connectivity index (χ0n) is 17.1. The van der Waals surface area contributed by atoms with Crippen molar-refractivity contribution in [2.45, 2.75) is 25.2 Å². The minimum Gasteiger partial charge on any atom is -0.395 e. The van der Waals surface area contributed by atoms with Crippen molar-refractivity contribution in [3.63, 3.8) is 0 Å². The zero-order valence-corrected chi connectivity index (χ0v) is 18.6. The number of hydrogen-bond donors (Lipinski definition) is 2. The molecule has 0 amide bonds. The second-order valence-electron chi connectivity index (χ2n) is 7.68. The third-order valence-electron chi connectivity index (χ3n) is 5.54. The van der Waals surface area contributed by atoms with Gasteiger partial charge in [-0.3, -0.25) is 9.36 Å². The van der Waals surface area contributed by atoms with E-state index in [9.17, 15) is 14.7 Å². The Morgan fingerprint density at radius 3 is 2.72 bits per heavy atom. The molecule has 0 bridgehead atoms. The average molecular weight is 470 g/mol. The summed E-state index contributed by atoms with van der Waals surface area (Å²) in [5, 5.41) is 10.5. The second-order valence-corrected chi connectivity index (χ2v) is 8.47. The van der Waals surface area contributed by atoms with Crippen molar-refractivity contribution in [3.05, 3.63) is 91.5 Å².